The van der Waals surface area contributed by atoms with E-state index in [4.69, 9.17) is 14.6 Å². The first-order valence-electron chi connectivity index (χ1n) is 9.66. The molecule has 11 heteroatoms. The van der Waals surface area contributed by atoms with Crippen LogP contribution >= 0.6 is 11.8 Å². The molecule has 4 amide bonds. The number of imide groups is 1. The third-order valence-corrected chi connectivity index (χ3v) is 5.06. The van der Waals surface area contributed by atoms with E-state index >= 15 is 0 Å². The number of likely N-dealkylation sites (tertiary alicyclic amines) is 1. The number of ether oxygens (including phenoxy) is 2. The molecule has 0 aromatic heterocycles. The maximum atomic E-state index is 12.0. The Morgan fingerprint density at radius 1 is 1.07 bits per heavy atom. The van der Waals surface area contributed by atoms with Crippen LogP contribution in [0.4, 0.5) is 0 Å². The largest absolute Gasteiger partial charge is 0.396 e. The highest BCUT2D eigenvalue weighted by Crippen LogP contribution is 2.23. The Hall–Kier alpha value is -1.69. The van der Waals surface area contributed by atoms with Crippen LogP contribution < -0.4 is 10.6 Å². The van der Waals surface area contributed by atoms with Crippen LogP contribution in [0.25, 0.3) is 0 Å². The van der Waals surface area contributed by atoms with Gasteiger partial charge in [-0.3, -0.25) is 24.1 Å². The van der Waals surface area contributed by atoms with E-state index in [2.05, 4.69) is 10.6 Å². The zero-order chi connectivity index (χ0) is 21.5. The summed E-state index contributed by atoms with van der Waals surface area (Å²) in [5, 5.41) is 13.6. The topological polar surface area (TPSA) is 134 Å². The zero-order valence-corrected chi connectivity index (χ0v) is 17.6. The predicted molar refractivity (Wildman–Crippen MR) is 107 cm³/mol. The summed E-state index contributed by atoms with van der Waals surface area (Å²) < 4.78 is 10.6. The minimum atomic E-state index is -0.289. The quantitative estimate of drug-likeness (QED) is 0.206. The fourth-order valence-corrected chi connectivity index (χ4v) is 3.23. The number of hydrogen-bond acceptors (Lipinski definition) is 8. The van der Waals surface area contributed by atoms with E-state index in [9.17, 15) is 19.2 Å². The summed E-state index contributed by atoms with van der Waals surface area (Å²) in [6, 6.07) is 0. The van der Waals surface area contributed by atoms with Gasteiger partial charge in [0.1, 0.15) is 0 Å². The number of nitrogens with one attached hydrogen (secondary N) is 2. The highest BCUT2D eigenvalue weighted by molar-refractivity contribution is 8.00. The van der Waals surface area contributed by atoms with Crippen LogP contribution in [0.5, 0.6) is 0 Å². The summed E-state index contributed by atoms with van der Waals surface area (Å²) in [6.07, 6.45) is 2.81. The van der Waals surface area contributed by atoms with Gasteiger partial charge in [0, 0.05) is 38.9 Å². The van der Waals surface area contributed by atoms with Crippen molar-refractivity contribution in [3.8, 4) is 0 Å². The van der Waals surface area contributed by atoms with Gasteiger partial charge >= 0.3 is 0 Å². The third kappa shape index (κ3) is 10.6. The number of hydrogen-bond donors (Lipinski definition) is 3. The van der Waals surface area contributed by atoms with Crippen molar-refractivity contribution in [2.75, 3.05) is 58.9 Å². The molecule has 0 spiro atoms. The zero-order valence-electron chi connectivity index (χ0n) is 16.8. The van der Waals surface area contributed by atoms with Crippen molar-refractivity contribution in [1.29, 1.82) is 0 Å². The molecule has 1 fully saturated rings. The summed E-state index contributed by atoms with van der Waals surface area (Å²) >= 11 is 1.37. The Kier molecular flexibility index (Phi) is 13.3. The lowest BCUT2D eigenvalue weighted by atomic mass is 10.3. The number of carbonyl (C=O) groups is 4. The molecule has 3 N–H and O–H groups in total. The predicted octanol–water partition coefficient (Wildman–Crippen LogP) is -1.09. The average molecular weight is 434 g/mol. The molecule has 0 aromatic carbocycles. The molecule has 1 rings (SSSR count). The van der Waals surface area contributed by atoms with E-state index in [-0.39, 0.29) is 61.3 Å². The van der Waals surface area contributed by atoms with Gasteiger partial charge in [-0.15, -0.1) is 0 Å². The number of carbonyl (C=O) groups excluding carboxylic acids is 4. The third-order valence-electron chi connectivity index (χ3n) is 4.12. The van der Waals surface area contributed by atoms with Crippen molar-refractivity contribution in [1.82, 2.24) is 15.5 Å². The van der Waals surface area contributed by atoms with Crippen molar-refractivity contribution >= 4 is 35.4 Å². The SMILES string of the molecule is CSC1CC(=O)N(CCCC(=O)NCCOCCOCCNC(=O)CCO)C1=O. The van der Waals surface area contributed by atoms with Crippen LogP contribution in [0.1, 0.15) is 25.7 Å². The van der Waals surface area contributed by atoms with Crippen LogP contribution in [0.15, 0.2) is 0 Å². The molecule has 1 heterocycles. The van der Waals surface area contributed by atoms with Gasteiger partial charge in [-0.25, -0.2) is 0 Å². The Bertz CT molecular complexity index is 548. The van der Waals surface area contributed by atoms with E-state index in [1.54, 1.807) is 6.26 Å². The molecule has 1 saturated heterocycles. The normalized spacial score (nSPS) is 16.3. The van der Waals surface area contributed by atoms with E-state index in [1.165, 1.54) is 16.7 Å². The summed E-state index contributed by atoms with van der Waals surface area (Å²) in [5.74, 6) is -0.696. The van der Waals surface area contributed by atoms with Crippen molar-refractivity contribution < 1.29 is 33.8 Å². The molecule has 0 bridgehead atoms. The van der Waals surface area contributed by atoms with Gasteiger partial charge in [0.05, 0.1) is 38.3 Å². The van der Waals surface area contributed by atoms with E-state index in [0.29, 0.717) is 45.9 Å². The van der Waals surface area contributed by atoms with Gasteiger partial charge in [0.15, 0.2) is 0 Å². The molecule has 0 saturated carbocycles. The molecule has 1 unspecified atom stereocenters. The Balaban J connectivity index is 1.93. The summed E-state index contributed by atoms with van der Waals surface area (Å²) in [6.45, 7) is 2.30. The van der Waals surface area contributed by atoms with Crippen LogP contribution in [-0.2, 0) is 28.7 Å². The molecule has 166 valence electrons. The minimum Gasteiger partial charge on any atom is -0.396 e. The lowest BCUT2D eigenvalue weighted by Gasteiger charge is -2.14. The second-order valence-electron chi connectivity index (χ2n) is 6.31. The first kappa shape index (κ1) is 25.3. The average Bonchev–Trinajstić information content (AvgIpc) is 2.97. The van der Waals surface area contributed by atoms with E-state index < -0.39 is 0 Å². The molecular weight excluding hydrogens is 402 g/mol. The molecule has 29 heavy (non-hydrogen) atoms. The van der Waals surface area contributed by atoms with Crippen LogP contribution in [0.2, 0.25) is 0 Å². The first-order chi connectivity index (χ1) is 14.0. The highest BCUT2D eigenvalue weighted by Gasteiger charge is 2.37. The molecule has 0 aliphatic carbocycles. The van der Waals surface area contributed by atoms with Gasteiger partial charge in [-0.2, -0.15) is 11.8 Å². The lowest BCUT2D eigenvalue weighted by molar-refractivity contribution is -0.138. The fraction of sp³-hybridized carbons (Fsp3) is 0.778. The van der Waals surface area contributed by atoms with E-state index in [0.717, 1.165) is 0 Å². The van der Waals surface area contributed by atoms with Crippen LogP contribution in [0, 0.1) is 0 Å². The number of nitrogens with zero attached hydrogens (tertiary/aromatic N) is 1. The fourth-order valence-electron chi connectivity index (χ4n) is 2.60. The molecular formula is C18H31N3O7S. The van der Waals surface area contributed by atoms with Crippen molar-refractivity contribution in [2.45, 2.75) is 30.9 Å². The number of aliphatic hydroxyl groups excluding tert-OH is 1. The second-order valence-corrected chi connectivity index (χ2v) is 7.35. The van der Waals surface area contributed by atoms with Gasteiger partial charge < -0.3 is 25.2 Å². The van der Waals surface area contributed by atoms with E-state index in [1.807, 2.05) is 0 Å². The molecule has 10 nitrogen and oxygen atoms in total. The Labute approximate surface area is 175 Å². The number of rotatable bonds is 16. The number of thioether (sulfide) groups is 1. The molecule has 1 atom stereocenters. The van der Waals surface area contributed by atoms with Gasteiger partial charge in [-0.05, 0) is 12.7 Å². The van der Waals surface area contributed by atoms with Crippen molar-refractivity contribution in [3.63, 3.8) is 0 Å². The Morgan fingerprint density at radius 2 is 1.66 bits per heavy atom. The molecule has 0 aromatic rings. The monoisotopic (exact) mass is 433 g/mol. The van der Waals surface area contributed by atoms with Gasteiger partial charge in [0.25, 0.3) is 0 Å². The minimum absolute atomic E-state index is 0.0851. The Morgan fingerprint density at radius 3 is 2.17 bits per heavy atom. The molecule has 0 radical (unpaired) electrons. The molecule has 1 aliphatic rings. The smallest absolute Gasteiger partial charge is 0.242 e. The summed E-state index contributed by atoms with van der Waals surface area (Å²) in [5.41, 5.74) is 0. The van der Waals surface area contributed by atoms with Crippen LogP contribution in [-0.4, -0.2) is 97.8 Å². The number of aliphatic hydroxyl groups is 1. The van der Waals surface area contributed by atoms with Crippen molar-refractivity contribution in [2.24, 2.45) is 0 Å². The second kappa shape index (κ2) is 15.2. The van der Waals surface area contributed by atoms with Gasteiger partial charge in [0.2, 0.25) is 23.6 Å². The van der Waals surface area contributed by atoms with Crippen molar-refractivity contribution in [3.05, 3.63) is 0 Å². The molecule has 1 aliphatic heterocycles. The number of amides is 4. The maximum Gasteiger partial charge on any atom is 0.242 e. The van der Waals surface area contributed by atoms with Crippen LogP contribution in [0.3, 0.4) is 0 Å². The lowest BCUT2D eigenvalue weighted by Crippen LogP contribution is -2.33. The maximum absolute atomic E-state index is 12.0. The first-order valence-corrected chi connectivity index (χ1v) is 10.9. The summed E-state index contributed by atoms with van der Waals surface area (Å²) in [4.78, 5) is 47.8. The summed E-state index contributed by atoms with van der Waals surface area (Å²) in [7, 11) is 0. The highest BCUT2D eigenvalue weighted by atomic mass is 32.2. The van der Waals surface area contributed by atoms with Gasteiger partial charge in [-0.1, -0.05) is 0 Å². The standard InChI is InChI=1S/C18H31N3O7S/c1-29-14-13-17(25)21(18(14)26)7-2-3-15(23)19-5-9-27-11-12-28-10-6-20-16(24)4-8-22/h14,22H,2-13H2,1H3,(H,19,23)(H,20,24).